The van der Waals surface area contributed by atoms with Crippen molar-refractivity contribution in [1.29, 1.82) is 0 Å². The van der Waals surface area contributed by atoms with Crippen molar-refractivity contribution >= 4 is 15.7 Å². The molecule has 0 unspecified atom stereocenters. The highest BCUT2D eigenvalue weighted by atomic mass is 32.2. The first-order valence-electron chi connectivity index (χ1n) is 8.90. The number of carbonyl (C=O) groups excluding carboxylic acids is 1. The van der Waals surface area contributed by atoms with Crippen LogP contribution in [0.3, 0.4) is 0 Å². The van der Waals surface area contributed by atoms with Crippen LogP contribution in [-0.4, -0.2) is 31.1 Å². The zero-order chi connectivity index (χ0) is 17.9. The summed E-state index contributed by atoms with van der Waals surface area (Å²) in [6.45, 7) is 0. The van der Waals surface area contributed by atoms with E-state index in [1.54, 1.807) is 6.07 Å². The van der Waals surface area contributed by atoms with Crippen LogP contribution >= 0.6 is 0 Å². The Morgan fingerprint density at radius 2 is 1.76 bits per heavy atom. The standard InChI is InChI=1S/C18H24N2O4S/c21-17(19-14-10-11-25(23,24)12-14)15-8-9-16(20-18(15)22)13-6-4-2-1-3-5-7-13/h8-11,13-14H,1-7,12H2,(H,19,21)(H,20,22)/t14-/m1/s1. The number of hydrogen-bond donors (Lipinski definition) is 2. The summed E-state index contributed by atoms with van der Waals surface area (Å²) in [5, 5.41) is 3.68. The average molecular weight is 364 g/mol. The Bertz CT molecular complexity index is 818. The minimum Gasteiger partial charge on any atom is -0.345 e. The Morgan fingerprint density at radius 1 is 1.08 bits per heavy atom. The summed E-state index contributed by atoms with van der Waals surface area (Å²) in [5.74, 6) is -0.359. The van der Waals surface area contributed by atoms with Gasteiger partial charge >= 0.3 is 0 Å². The van der Waals surface area contributed by atoms with Crippen molar-refractivity contribution in [3.63, 3.8) is 0 Å². The first-order chi connectivity index (χ1) is 11.9. The van der Waals surface area contributed by atoms with Gasteiger partial charge in [-0.25, -0.2) is 8.42 Å². The molecule has 2 N–H and O–H groups in total. The second-order valence-corrected chi connectivity index (χ2v) is 8.87. The van der Waals surface area contributed by atoms with Gasteiger partial charge in [0.2, 0.25) is 0 Å². The molecule has 0 aromatic carbocycles. The lowest BCUT2D eigenvalue weighted by atomic mass is 9.88. The molecule has 1 atom stereocenters. The molecule has 136 valence electrons. The van der Waals surface area contributed by atoms with Crippen LogP contribution in [0.4, 0.5) is 0 Å². The zero-order valence-corrected chi connectivity index (χ0v) is 15.0. The number of H-pyrrole nitrogens is 1. The predicted molar refractivity (Wildman–Crippen MR) is 96.3 cm³/mol. The minimum atomic E-state index is -3.24. The van der Waals surface area contributed by atoms with Crippen molar-refractivity contribution in [3.8, 4) is 0 Å². The number of nitrogens with one attached hydrogen (secondary N) is 2. The van der Waals surface area contributed by atoms with E-state index >= 15 is 0 Å². The van der Waals surface area contributed by atoms with Crippen LogP contribution in [0, 0.1) is 0 Å². The molecule has 1 saturated carbocycles. The molecule has 6 nitrogen and oxygen atoms in total. The van der Waals surface area contributed by atoms with Gasteiger partial charge < -0.3 is 10.3 Å². The fraction of sp³-hybridized carbons (Fsp3) is 0.556. The fourth-order valence-electron chi connectivity index (χ4n) is 3.58. The van der Waals surface area contributed by atoms with Crippen molar-refractivity contribution < 1.29 is 13.2 Å². The van der Waals surface area contributed by atoms with Crippen molar-refractivity contribution in [2.45, 2.75) is 56.9 Å². The molecule has 2 heterocycles. The number of aromatic amines is 1. The Morgan fingerprint density at radius 3 is 2.36 bits per heavy atom. The molecule has 7 heteroatoms. The highest BCUT2D eigenvalue weighted by Crippen LogP contribution is 2.29. The van der Waals surface area contributed by atoms with E-state index in [9.17, 15) is 18.0 Å². The summed E-state index contributed by atoms with van der Waals surface area (Å²) < 4.78 is 22.8. The number of pyridine rings is 1. The van der Waals surface area contributed by atoms with Gasteiger partial charge in [-0.05, 0) is 37.0 Å². The molecule has 25 heavy (non-hydrogen) atoms. The van der Waals surface area contributed by atoms with E-state index in [1.165, 1.54) is 25.3 Å². The van der Waals surface area contributed by atoms with E-state index in [-0.39, 0.29) is 11.3 Å². The van der Waals surface area contributed by atoms with Crippen LogP contribution in [-0.2, 0) is 9.84 Å². The zero-order valence-electron chi connectivity index (χ0n) is 14.2. The number of hydrogen-bond acceptors (Lipinski definition) is 4. The third-order valence-electron chi connectivity index (χ3n) is 4.97. The van der Waals surface area contributed by atoms with Crippen LogP contribution in [0.15, 0.2) is 28.4 Å². The average Bonchev–Trinajstić information content (AvgIpc) is 2.85. The Balaban J connectivity index is 1.70. The molecule has 1 aliphatic heterocycles. The van der Waals surface area contributed by atoms with Gasteiger partial charge in [-0.2, -0.15) is 0 Å². The maximum absolute atomic E-state index is 12.3. The number of rotatable bonds is 3. The van der Waals surface area contributed by atoms with E-state index < -0.39 is 27.3 Å². The maximum Gasteiger partial charge on any atom is 0.261 e. The fourth-order valence-corrected chi connectivity index (χ4v) is 4.82. The van der Waals surface area contributed by atoms with Crippen molar-refractivity contribution in [2.24, 2.45) is 0 Å². The molecule has 2 aliphatic rings. The van der Waals surface area contributed by atoms with E-state index in [1.807, 2.05) is 6.07 Å². The topological polar surface area (TPSA) is 96.1 Å². The van der Waals surface area contributed by atoms with Crippen molar-refractivity contribution in [1.82, 2.24) is 10.3 Å². The molecule has 1 aromatic rings. The predicted octanol–water partition coefficient (Wildman–Crippen LogP) is 2.24. The van der Waals surface area contributed by atoms with Gasteiger partial charge in [0.15, 0.2) is 9.84 Å². The van der Waals surface area contributed by atoms with E-state index in [2.05, 4.69) is 10.3 Å². The van der Waals surface area contributed by atoms with Gasteiger partial charge in [0.25, 0.3) is 11.5 Å². The normalized spacial score (nSPS) is 23.8. The molecule has 1 aromatic heterocycles. The second kappa shape index (κ2) is 7.56. The van der Waals surface area contributed by atoms with Gasteiger partial charge in [0.1, 0.15) is 5.56 Å². The van der Waals surface area contributed by atoms with E-state index in [0.717, 1.165) is 36.8 Å². The summed E-state index contributed by atoms with van der Waals surface area (Å²) in [7, 11) is -3.24. The number of aromatic nitrogens is 1. The summed E-state index contributed by atoms with van der Waals surface area (Å²) in [4.78, 5) is 27.5. The second-order valence-electron chi connectivity index (χ2n) is 6.94. The van der Waals surface area contributed by atoms with E-state index in [0.29, 0.717) is 5.92 Å². The maximum atomic E-state index is 12.3. The van der Waals surface area contributed by atoms with Gasteiger partial charge in [0.05, 0.1) is 11.8 Å². The lowest BCUT2D eigenvalue weighted by Crippen LogP contribution is -2.38. The number of carbonyl (C=O) groups is 1. The Labute approximate surface area is 147 Å². The summed E-state index contributed by atoms with van der Waals surface area (Å²) in [6, 6.07) is 2.79. The molecule has 1 amide bonds. The minimum absolute atomic E-state index is 0.0206. The van der Waals surface area contributed by atoms with Gasteiger partial charge in [-0.3, -0.25) is 9.59 Å². The lowest BCUT2D eigenvalue weighted by molar-refractivity contribution is 0.0946. The van der Waals surface area contributed by atoms with Crippen LogP contribution < -0.4 is 10.9 Å². The van der Waals surface area contributed by atoms with Gasteiger partial charge in [0, 0.05) is 11.1 Å². The first kappa shape index (κ1) is 17.9. The molecular weight excluding hydrogens is 340 g/mol. The molecular formula is C18H24N2O4S. The van der Waals surface area contributed by atoms with Gasteiger partial charge in [-0.15, -0.1) is 0 Å². The monoisotopic (exact) mass is 364 g/mol. The molecule has 1 fully saturated rings. The highest BCUT2D eigenvalue weighted by molar-refractivity contribution is 7.94. The highest BCUT2D eigenvalue weighted by Gasteiger charge is 2.24. The quantitative estimate of drug-likeness (QED) is 0.860. The SMILES string of the molecule is O=C(N[C@@H]1C=CS(=O)(=O)C1)c1ccc(C2CCCCCCC2)[nH]c1=O. The Hall–Kier alpha value is -1.89. The van der Waals surface area contributed by atoms with E-state index in [4.69, 9.17) is 0 Å². The van der Waals surface area contributed by atoms with Crippen molar-refractivity contribution in [2.75, 3.05) is 5.75 Å². The molecule has 0 saturated heterocycles. The van der Waals surface area contributed by atoms with Gasteiger partial charge in [-0.1, -0.05) is 32.1 Å². The lowest BCUT2D eigenvalue weighted by Gasteiger charge is -2.20. The van der Waals surface area contributed by atoms with Crippen molar-refractivity contribution in [3.05, 3.63) is 45.2 Å². The number of amides is 1. The molecule has 3 rings (SSSR count). The number of sulfone groups is 1. The molecule has 1 aliphatic carbocycles. The van der Waals surface area contributed by atoms with Crippen LogP contribution in [0.2, 0.25) is 0 Å². The smallest absolute Gasteiger partial charge is 0.261 e. The Kier molecular flexibility index (Phi) is 5.42. The summed E-state index contributed by atoms with van der Waals surface area (Å²) >= 11 is 0. The largest absolute Gasteiger partial charge is 0.345 e. The van der Waals surface area contributed by atoms with Crippen LogP contribution in [0.5, 0.6) is 0 Å². The third kappa shape index (κ3) is 4.60. The molecule has 0 radical (unpaired) electrons. The summed E-state index contributed by atoms with van der Waals surface area (Å²) in [5.41, 5.74) is 0.501. The molecule has 0 spiro atoms. The van der Waals surface area contributed by atoms with Crippen LogP contribution in [0.25, 0.3) is 0 Å². The molecule has 0 bridgehead atoms. The first-order valence-corrected chi connectivity index (χ1v) is 10.6. The third-order valence-corrected chi connectivity index (χ3v) is 6.36. The van der Waals surface area contributed by atoms with Crippen LogP contribution in [0.1, 0.15) is 66.9 Å². The summed E-state index contributed by atoms with van der Waals surface area (Å²) in [6.07, 6.45) is 9.64.